The van der Waals surface area contributed by atoms with Gasteiger partial charge < -0.3 is 15.5 Å². The first-order valence-electron chi connectivity index (χ1n) is 9.65. The molecule has 2 aromatic rings. The minimum atomic E-state index is 0.00502. The molecule has 1 aliphatic heterocycles. The molecule has 148 valence electrons. The second-order valence-corrected chi connectivity index (χ2v) is 8.13. The first-order chi connectivity index (χ1) is 13.5. The fourth-order valence-electron chi connectivity index (χ4n) is 3.41. The number of hydrogen-bond acceptors (Lipinski definition) is 3. The molecule has 0 unspecified atom stereocenters. The van der Waals surface area contributed by atoms with E-state index < -0.39 is 0 Å². The summed E-state index contributed by atoms with van der Waals surface area (Å²) in [4.78, 5) is 26.9. The number of halogens is 1. The standard InChI is InChI=1S/C22H26BrN3O2/c1-16-4-2-3-5-20(16)22(28)25-19-10-13-26(14-11-19)15-12-21(27)24-18-8-6-17(23)7-9-18/h2-9,19H,10-15H2,1H3,(H,24,27)(H,25,28). The Morgan fingerprint density at radius 2 is 1.75 bits per heavy atom. The van der Waals surface area contributed by atoms with Gasteiger partial charge in [-0.25, -0.2) is 0 Å². The van der Waals surface area contributed by atoms with Crippen molar-refractivity contribution in [2.24, 2.45) is 0 Å². The number of rotatable bonds is 6. The van der Waals surface area contributed by atoms with Crippen LogP contribution in [0.2, 0.25) is 0 Å². The van der Waals surface area contributed by atoms with E-state index >= 15 is 0 Å². The fraction of sp³-hybridized carbons (Fsp3) is 0.364. The number of nitrogens with one attached hydrogen (secondary N) is 2. The van der Waals surface area contributed by atoms with Gasteiger partial charge in [-0.05, 0) is 55.7 Å². The summed E-state index contributed by atoms with van der Waals surface area (Å²) in [5, 5.41) is 6.07. The van der Waals surface area contributed by atoms with Gasteiger partial charge in [-0.3, -0.25) is 9.59 Å². The summed E-state index contributed by atoms with van der Waals surface area (Å²) in [7, 11) is 0. The van der Waals surface area contributed by atoms with Crippen molar-refractivity contribution >= 4 is 33.4 Å². The maximum Gasteiger partial charge on any atom is 0.251 e. The van der Waals surface area contributed by atoms with Gasteiger partial charge in [0, 0.05) is 47.8 Å². The topological polar surface area (TPSA) is 61.4 Å². The predicted octanol–water partition coefficient (Wildman–Crippen LogP) is 3.98. The highest BCUT2D eigenvalue weighted by Crippen LogP contribution is 2.15. The molecule has 0 bridgehead atoms. The molecule has 1 aliphatic rings. The molecule has 3 rings (SSSR count). The van der Waals surface area contributed by atoms with Gasteiger partial charge in [-0.1, -0.05) is 34.1 Å². The van der Waals surface area contributed by atoms with Crippen molar-refractivity contribution in [1.29, 1.82) is 0 Å². The molecular formula is C22H26BrN3O2. The van der Waals surface area contributed by atoms with Crippen LogP contribution in [0.3, 0.4) is 0 Å². The third-order valence-electron chi connectivity index (χ3n) is 5.10. The van der Waals surface area contributed by atoms with Gasteiger partial charge in [-0.15, -0.1) is 0 Å². The molecule has 0 saturated carbocycles. The fourth-order valence-corrected chi connectivity index (χ4v) is 3.67. The summed E-state index contributed by atoms with van der Waals surface area (Å²) < 4.78 is 0.989. The number of carbonyl (C=O) groups is 2. The number of carbonyl (C=O) groups excluding carboxylic acids is 2. The van der Waals surface area contributed by atoms with Crippen LogP contribution >= 0.6 is 15.9 Å². The van der Waals surface area contributed by atoms with Crippen LogP contribution in [-0.4, -0.2) is 42.4 Å². The molecular weight excluding hydrogens is 418 g/mol. The number of amides is 2. The van der Waals surface area contributed by atoms with Crippen LogP contribution in [0.5, 0.6) is 0 Å². The number of piperidine rings is 1. The largest absolute Gasteiger partial charge is 0.349 e. The Balaban J connectivity index is 1.38. The smallest absolute Gasteiger partial charge is 0.251 e. The quantitative estimate of drug-likeness (QED) is 0.709. The summed E-state index contributed by atoms with van der Waals surface area (Å²) in [6.07, 6.45) is 2.29. The number of hydrogen-bond donors (Lipinski definition) is 2. The van der Waals surface area contributed by atoms with Gasteiger partial charge in [0.25, 0.3) is 5.91 Å². The molecule has 2 N–H and O–H groups in total. The molecule has 1 saturated heterocycles. The van der Waals surface area contributed by atoms with E-state index in [1.165, 1.54) is 0 Å². The number of aryl methyl sites for hydroxylation is 1. The molecule has 0 spiro atoms. The van der Waals surface area contributed by atoms with Crippen LogP contribution in [0.1, 0.15) is 35.2 Å². The summed E-state index contributed by atoms with van der Waals surface area (Å²) in [6.45, 7) is 4.48. The summed E-state index contributed by atoms with van der Waals surface area (Å²) in [5.74, 6) is 0.0303. The Hall–Kier alpha value is -2.18. The second-order valence-electron chi connectivity index (χ2n) is 7.21. The molecule has 0 aliphatic carbocycles. The highest BCUT2D eigenvalue weighted by Gasteiger charge is 2.22. The Morgan fingerprint density at radius 1 is 1.07 bits per heavy atom. The van der Waals surface area contributed by atoms with Gasteiger partial charge in [-0.2, -0.15) is 0 Å². The maximum atomic E-state index is 12.4. The molecule has 0 radical (unpaired) electrons. The lowest BCUT2D eigenvalue weighted by molar-refractivity contribution is -0.116. The van der Waals surface area contributed by atoms with Crippen LogP contribution in [0.15, 0.2) is 53.0 Å². The van der Waals surface area contributed by atoms with Gasteiger partial charge in [0.2, 0.25) is 5.91 Å². The molecule has 2 amide bonds. The third kappa shape index (κ3) is 5.91. The van der Waals surface area contributed by atoms with Crippen molar-refractivity contribution < 1.29 is 9.59 Å². The molecule has 1 fully saturated rings. The molecule has 28 heavy (non-hydrogen) atoms. The van der Waals surface area contributed by atoms with Crippen molar-refractivity contribution in [3.8, 4) is 0 Å². The Labute approximate surface area is 174 Å². The summed E-state index contributed by atoms with van der Waals surface area (Å²) in [5.41, 5.74) is 2.55. The van der Waals surface area contributed by atoms with Crippen LogP contribution in [0.25, 0.3) is 0 Å². The van der Waals surface area contributed by atoms with Gasteiger partial charge in [0.1, 0.15) is 0 Å². The minimum absolute atomic E-state index is 0.00502. The van der Waals surface area contributed by atoms with E-state index in [-0.39, 0.29) is 17.9 Å². The molecule has 0 atom stereocenters. The van der Waals surface area contributed by atoms with Crippen LogP contribution in [0.4, 0.5) is 5.69 Å². The third-order valence-corrected chi connectivity index (χ3v) is 5.62. The number of likely N-dealkylation sites (tertiary alicyclic amines) is 1. The van der Waals surface area contributed by atoms with Gasteiger partial charge in [0.15, 0.2) is 0 Å². The lowest BCUT2D eigenvalue weighted by atomic mass is 10.0. The van der Waals surface area contributed by atoms with Crippen LogP contribution in [-0.2, 0) is 4.79 Å². The van der Waals surface area contributed by atoms with E-state index in [4.69, 9.17) is 0 Å². The minimum Gasteiger partial charge on any atom is -0.349 e. The van der Waals surface area contributed by atoms with E-state index in [1.807, 2.05) is 55.5 Å². The number of benzene rings is 2. The SMILES string of the molecule is Cc1ccccc1C(=O)NC1CCN(CCC(=O)Nc2ccc(Br)cc2)CC1. The van der Waals surface area contributed by atoms with Gasteiger partial charge >= 0.3 is 0 Å². The molecule has 0 aromatic heterocycles. The zero-order chi connectivity index (χ0) is 19.9. The monoisotopic (exact) mass is 443 g/mol. The van der Waals surface area contributed by atoms with Crippen molar-refractivity contribution in [3.63, 3.8) is 0 Å². The second kappa shape index (κ2) is 9.85. The average molecular weight is 444 g/mol. The lowest BCUT2D eigenvalue weighted by Crippen LogP contribution is -2.45. The molecule has 1 heterocycles. The normalized spacial score (nSPS) is 15.2. The highest BCUT2D eigenvalue weighted by molar-refractivity contribution is 9.10. The molecule has 2 aromatic carbocycles. The molecule has 6 heteroatoms. The van der Waals surface area contributed by atoms with E-state index in [2.05, 4.69) is 31.5 Å². The van der Waals surface area contributed by atoms with Crippen LogP contribution < -0.4 is 10.6 Å². The highest BCUT2D eigenvalue weighted by atomic mass is 79.9. The Kier molecular flexibility index (Phi) is 7.23. The zero-order valence-electron chi connectivity index (χ0n) is 16.1. The van der Waals surface area contributed by atoms with Gasteiger partial charge in [0.05, 0.1) is 0 Å². The first kappa shape index (κ1) is 20.6. The van der Waals surface area contributed by atoms with E-state index in [1.54, 1.807) is 0 Å². The van der Waals surface area contributed by atoms with E-state index in [0.29, 0.717) is 6.42 Å². The number of anilines is 1. The van der Waals surface area contributed by atoms with Crippen molar-refractivity contribution in [2.45, 2.75) is 32.2 Å². The Morgan fingerprint density at radius 3 is 2.43 bits per heavy atom. The number of nitrogens with zero attached hydrogens (tertiary/aromatic N) is 1. The summed E-state index contributed by atoms with van der Waals surface area (Å²) >= 11 is 3.39. The van der Waals surface area contributed by atoms with Crippen molar-refractivity contribution in [3.05, 3.63) is 64.1 Å². The molecule has 5 nitrogen and oxygen atoms in total. The van der Waals surface area contributed by atoms with E-state index in [0.717, 1.165) is 53.8 Å². The first-order valence-corrected chi connectivity index (χ1v) is 10.4. The summed E-state index contributed by atoms with van der Waals surface area (Å²) in [6, 6.07) is 15.4. The lowest BCUT2D eigenvalue weighted by Gasteiger charge is -2.32. The average Bonchev–Trinajstić information content (AvgIpc) is 2.69. The van der Waals surface area contributed by atoms with Crippen LogP contribution in [0, 0.1) is 6.92 Å². The van der Waals surface area contributed by atoms with Crippen molar-refractivity contribution in [2.75, 3.05) is 25.0 Å². The maximum absolute atomic E-state index is 12.4. The van der Waals surface area contributed by atoms with E-state index in [9.17, 15) is 9.59 Å². The zero-order valence-corrected chi connectivity index (χ0v) is 17.7. The predicted molar refractivity (Wildman–Crippen MR) is 115 cm³/mol. The Bertz CT molecular complexity index is 815. The van der Waals surface area contributed by atoms with Crippen molar-refractivity contribution in [1.82, 2.24) is 10.2 Å².